The Labute approximate surface area is 109 Å². The summed E-state index contributed by atoms with van der Waals surface area (Å²) in [7, 11) is 0. The van der Waals surface area contributed by atoms with Gasteiger partial charge in [0.1, 0.15) is 0 Å². The average Bonchev–Trinajstić information content (AvgIpc) is 2.46. The standard InChI is InChI=1S/C12H3F4N4/c1-18-5(4-17)6-8(13)10(15)7(11(16)9(6)14)12(19-2)20-3/h1-3H/q+3. The molecule has 0 fully saturated rings. The first-order valence-corrected chi connectivity index (χ1v) is 4.67. The lowest BCUT2D eigenvalue weighted by Gasteiger charge is -1.95. The molecular formula is C12H3F4N4+3. The van der Waals surface area contributed by atoms with Crippen LogP contribution in [0.5, 0.6) is 0 Å². The molecule has 4 nitrogen and oxygen atoms in total. The SMILES string of the molecule is C#[N+]C(C#N)=c1c(F)c(F)c(=C([N+]#C)[N+]#C)c(F)c1F. The molecule has 0 saturated heterocycles. The van der Waals surface area contributed by atoms with E-state index < -0.39 is 45.2 Å². The molecule has 0 radical (unpaired) electrons. The Morgan fingerprint density at radius 3 is 1.50 bits per heavy atom. The summed E-state index contributed by atoms with van der Waals surface area (Å²) in [4.78, 5) is 8.31. The van der Waals surface area contributed by atoms with Crippen molar-refractivity contribution in [3.05, 3.63) is 48.2 Å². The van der Waals surface area contributed by atoms with Gasteiger partial charge < -0.3 is 0 Å². The average molecular weight is 279 g/mol. The smallest absolute Gasteiger partial charge is 0.203 e. The van der Waals surface area contributed by atoms with Crippen LogP contribution in [0.2, 0.25) is 0 Å². The lowest BCUT2D eigenvalue weighted by molar-refractivity contribution is 0.434. The van der Waals surface area contributed by atoms with Crippen LogP contribution in [0.15, 0.2) is 0 Å². The number of nitrogens with zero attached hydrogens (tertiary/aromatic N) is 4. The van der Waals surface area contributed by atoms with Crippen molar-refractivity contribution in [1.29, 1.82) is 5.26 Å². The molecule has 20 heavy (non-hydrogen) atoms. The second kappa shape index (κ2) is 5.52. The second-order valence-electron chi connectivity index (χ2n) is 3.18. The molecule has 0 bridgehead atoms. The summed E-state index contributed by atoms with van der Waals surface area (Å²) >= 11 is 0. The van der Waals surface area contributed by atoms with Crippen LogP contribution >= 0.6 is 0 Å². The van der Waals surface area contributed by atoms with Crippen LogP contribution in [0, 0.1) is 54.3 Å². The number of benzene rings is 1. The van der Waals surface area contributed by atoms with Gasteiger partial charge in [0.05, 0.1) is 9.69 Å². The van der Waals surface area contributed by atoms with E-state index in [4.69, 9.17) is 25.0 Å². The molecule has 0 aliphatic carbocycles. The summed E-state index contributed by atoms with van der Waals surface area (Å²) in [6.07, 6.45) is 0. The van der Waals surface area contributed by atoms with Gasteiger partial charge in [-0.05, 0) is 4.85 Å². The highest BCUT2D eigenvalue weighted by Gasteiger charge is 2.33. The van der Waals surface area contributed by atoms with E-state index >= 15 is 0 Å². The Kier molecular flexibility index (Phi) is 4.06. The number of rotatable bonds is 0. The van der Waals surface area contributed by atoms with E-state index in [2.05, 4.69) is 14.5 Å². The van der Waals surface area contributed by atoms with Crippen molar-refractivity contribution < 1.29 is 17.6 Å². The van der Waals surface area contributed by atoms with Gasteiger partial charge >= 0.3 is 11.5 Å². The van der Waals surface area contributed by atoms with Gasteiger partial charge in [-0.2, -0.15) is 5.26 Å². The van der Waals surface area contributed by atoms with Gasteiger partial charge in [-0.15, -0.1) is 0 Å². The summed E-state index contributed by atoms with van der Waals surface area (Å²) in [6.45, 7) is 14.2. The van der Waals surface area contributed by atoms with Crippen LogP contribution in [0.25, 0.3) is 26.1 Å². The van der Waals surface area contributed by atoms with Crippen molar-refractivity contribution in [1.82, 2.24) is 0 Å². The van der Waals surface area contributed by atoms with E-state index in [0.29, 0.717) is 0 Å². The molecule has 0 amide bonds. The van der Waals surface area contributed by atoms with Crippen molar-refractivity contribution in [3.8, 4) is 25.8 Å². The van der Waals surface area contributed by atoms with Crippen LogP contribution in [0.4, 0.5) is 17.6 Å². The fraction of sp³-hybridized carbons (Fsp3) is 0. The molecule has 8 heteroatoms. The summed E-state index contributed by atoms with van der Waals surface area (Å²) < 4.78 is 54.9. The molecular weight excluding hydrogens is 276 g/mol. The Bertz CT molecular complexity index is 746. The van der Waals surface area contributed by atoms with Crippen LogP contribution < -0.4 is 10.4 Å². The van der Waals surface area contributed by atoms with E-state index in [1.54, 1.807) is 0 Å². The number of halogens is 4. The van der Waals surface area contributed by atoms with Crippen LogP contribution in [-0.4, -0.2) is 0 Å². The van der Waals surface area contributed by atoms with Crippen molar-refractivity contribution in [2.45, 2.75) is 0 Å². The zero-order chi connectivity index (χ0) is 15.4. The topological polar surface area (TPSA) is 36.9 Å². The second-order valence-corrected chi connectivity index (χ2v) is 3.18. The molecule has 0 saturated carbocycles. The van der Waals surface area contributed by atoms with E-state index in [9.17, 15) is 17.6 Å². The fourth-order valence-electron chi connectivity index (χ4n) is 1.35. The van der Waals surface area contributed by atoms with Gasteiger partial charge in [0.25, 0.3) is 19.7 Å². The van der Waals surface area contributed by atoms with E-state index in [1.807, 2.05) is 0 Å². The first-order valence-electron chi connectivity index (χ1n) is 4.67. The molecule has 0 aromatic heterocycles. The molecule has 0 aliphatic heterocycles. The Morgan fingerprint density at radius 1 is 0.800 bits per heavy atom. The summed E-state index contributed by atoms with van der Waals surface area (Å²) in [5.41, 5.74) is -1.04. The minimum absolute atomic E-state index is 0.965. The normalized spacial score (nSPS) is 8.80. The highest BCUT2D eigenvalue weighted by Crippen LogP contribution is 2.08. The number of hydrogen-bond acceptors (Lipinski definition) is 1. The maximum absolute atomic E-state index is 13.7. The van der Waals surface area contributed by atoms with Gasteiger partial charge in [0, 0.05) is 0 Å². The largest absolute Gasteiger partial charge is 0.701 e. The molecule has 1 rings (SSSR count). The summed E-state index contributed by atoms with van der Waals surface area (Å²) in [5.74, 6) is -8.57. The first kappa shape index (κ1) is 14.7. The molecule has 0 atom stereocenters. The highest BCUT2D eigenvalue weighted by atomic mass is 19.2. The fourth-order valence-corrected chi connectivity index (χ4v) is 1.35. The van der Waals surface area contributed by atoms with Gasteiger partial charge in [-0.1, -0.05) is 0 Å². The monoisotopic (exact) mass is 279 g/mol. The molecule has 0 N–H and O–H groups in total. The minimum Gasteiger partial charge on any atom is -0.203 e. The summed E-state index contributed by atoms with van der Waals surface area (Å²) in [5, 5.41) is 5.88. The third-order valence-electron chi connectivity index (χ3n) is 2.20. The first-order chi connectivity index (χ1) is 9.44. The van der Waals surface area contributed by atoms with Gasteiger partial charge in [0.15, 0.2) is 34.6 Å². The lowest BCUT2D eigenvalue weighted by Crippen LogP contribution is -2.30. The van der Waals surface area contributed by atoms with Crippen molar-refractivity contribution in [2.75, 3.05) is 0 Å². The van der Waals surface area contributed by atoms with E-state index in [0.717, 1.165) is 0 Å². The molecule has 1 aromatic rings. The van der Waals surface area contributed by atoms with Gasteiger partial charge in [-0.25, -0.2) is 17.6 Å². The van der Waals surface area contributed by atoms with Gasteiger partial charge in [0.2, 0.25) is 5.22 Å². The zero-order valence-corrected chi connectivity index (χ0v) is 9.53. The maximum atomic E-state index is 13.7. The van der Waals surface area contributed by atoms with Gasteiger partial charge in [-0.3, -0.25) is 0 Å². The van der Waals surface area contributed by atoms with E-state index in [-0.39, 0.29) is 0 Å². The lowest BCUT2D eigenvalue weighted by atomic mass is 10.1. The zero-order valence-electron chi connectivity index (χ0n) is 9.53. The van der Waals surface area contributed by atoms with Crippen LogP contribution in [0.3, 0.4) is 0 Å². The highest BCUT2D eigenvalue weighted by molar-refractivity contribution is 5.67. The minimum atomic E-state index is -1.91. The van der Waals surface area contributed by atoms with E-state index in [1.165, 1.54) is 6.07 Å². The predicted molar refractivity (Wildman–Crippen MR) is 62.9 cm³/mol. The molecule has 96 valence electrons. The third-order valence-corrected chi connectivity index (χ3v) is 2.20. The maximum Gasteiger partial charge on any atom is 0.701 e. The molecule has 0 unspecified atom stereocenters. The van der Waals surface area contributed by atoms with Crippen LogP contribution in [-0.2, 0) is 0 Å². The Balaban J connectivity index is 4.35. The Hall–Kier alpha value is -3.36. The molecule has 0 heterocycles. The third kappa shape index (κ3) is 2.03. The van der Waals surface area contributed by atoms with Crippen molar-refractivity contribution in [2.24, 2.45) is 0 Å². The number of hydrogen-bond donors (Lipinski definition) is 0. The summed E-state index contributed by atoms with van der Waals surface area (Å²) in [6, 6.07) is 1.19. The number of nitriles is 1. The van der Waals surface area contributed by atoms with Crippen molar-refractivity contribution >= 4 is 11.5 Å². The Morgan fingerprint density at radius 2 is 1.20 bits per heavy atom. The quantitative estimate of drug-likeness (QED) is 0.527. The van der Waals surface area contributed by atoms with Crippen LogP contribution in [0.1, 0.15) is 0 Å². The molecule has 0 aliphatic rings. The molecule has 0 spiro atoms. The van der Waals surface area contributed by atoms with Crippen molar-refractivity contribution in [3.63, 3.8) is 0 Å². The molecule has 1 aromatic carbocycles. The predicted octanol–water partition coefficient (Wildman–Crippen LogP) is 1.83.